The first kappa shape index (κ1) is 13.4. The van der Waals surface area contributed by atoms with Crippen molar-refractivity contribution in [2.24, 2.45) is 0 Å². The number of nitriles is 1. The zero-order chi connectivity index (χ0) is 14.3. The first-order valence-corrected chi connectivity index (χ1v) is 7.12. The lowest BCUT2D eigenvalue weighted by molar-refractivity contribution is 0.0511. The van der Waals surface area contributed by atoms with Crippen molar-refractivity contribution in [2.45, 2.75) is 31.9 Å². The molecule has 2 heterocycles. The van der Waals surface area contributed by atoms with Gasteiger partial charge in [0.1, 0.15) is 6.04 Å². The van der Waals surface area contributed by atoms with Crippen LogP contribution >= 0.6 is 11.6 Å². The van der Waals surface area contributed by atoms with Gasteiger partial charge in [-0.15, -0.1) is 0 Å². The van der Waals surface area contributed by atoms with Gasteiger partial charge in [0.2, 0.25) is 0 Å². The Hall–Kier alpha value is -1.57. The van der Waals surface area contributed by atoms with Crippen LogP contribution in [0, 0.1) is 18.3 Å². The summed E-state index contributed by atoms with van der Waals surface area (Å²) >= 11 is 6.09. The first-order chi connectivity index (χ1) is 9.63. The van der Waals surface area contributed by atoms with Gasteiger partial charge < -0.3 is 9.64 Å². The Balaban J connectivity index is 1.96. The Bertz CT molecular complexity index is 603. The molecule has 2 aliphatic heterocycles. The first-order valence-electron chi connectivity index (χ1n) is 6.74. The van der Waals surface area contributed by atoms with Gasteiger partial charge in [0, 0.05) is 23.7 Å². The Morgan fingerprint density at radius 1 is 1.55 bits per heavy atom. The summed E-state index contributed by atoms with van der Waals surface area (Å²) in [7, 11) is 0. The highest BCUT2D eigenvalue weighted by Gasteiger charge is 2.39. The quantitative estimate of drug-likeness (QED) is 0.841. The van der Waals surface area contributed by atoms with Crippen LogP contribution < -0.4 is 0 Å². The minimum absolute atomic E-state index is 0.0416. The number of carbonyl (C=O) groups excluding carboxylic acids is 1. The molecule has 0 saturated carbocycles. The van der Waals surface area contributed by atoms with E-state index in [4.69, 9.17) is 16.3 Å². The van der Waals surface area contributed by atoms with Gasteiger partial charge in [-0.05, 0) is 31.4 Å². The molecule has 0 N–H and O–H groups in total. The summed E-state index contributed by atoms with van der Waals surface area (Å²) in [5.41, 5.74) is 2.10. The average Bonchev–Trinajstić information content (AvgIpc) is 3.03. The van der Waals surface area contributed by atoms with Gasteiger partial charge in [0.05, 0.1) is 17.7 Å². The summed E-state index contributed by atoms with van der Waals surface area (Å²) in [5, 5.41) is 9.98. The number of ether oxygens (including phenoxy) is 1. The summed E-state index contributed by atoms with van der Waals surface area (Å²) in [5.74, 6) is -0.109. The van der Waals surface area contributed by atoms with E-state index in [0.29, 0.717) is 17.1 Å². The van der Waals surface area contributed by atoms with Gasteiger partial charge >= 0.3 is 0 Å². The Kier molecular flexibility index (Phi) is 3.41. The maximum absolute atomic E-state index is 12.6. The van der Waals surface area contributed by atoms with Crippen LogP contribution in [0.1, 0.15) is 40.4 Å². The van der Waals surface area contributed by atoms with Crippen molar-refractivity contribution in [3.05, 3.63) is 33.8 Å². The largest absolute Gasteiger partial charge is 0.376 e. The highest BCUT2D eigenvalue weighted by Crippen LogP contribution is 2.38. The zero-order valence-electron chi connectivity index (χ0n) is 11.2. The molecule has 0 aromatic heterocycles. The molecule has 1 aromatic carbocycles. The van der Waals surface area contributed by atoms with E-state index in [1.807, 2.05) is 6.92 Å². The second-order valence-corrected chi connectivity index (χ2v) is 5.67. The number of fused-ring (bicyclic) bond motifs is 1. The van der Waals surface area contributed by atoms with Crippen LogP contribution in [-0.2, 0) is 4.74 Å². The van der Waals surface area contributed by atoms with Crippen LogP contribution in [0.25, 0.3) is 0 Å². The Morgan fingerprint density at radius 3 is 3.00 bits per heavy atom. The predicted octanol–water partition coefficient (Wildman–Crippen LogP) is 2.85. The fraction of sp³-hybridized carbons (Fsp3) is 0.467. The third-order valence-electron chi connectivity index (χ3n) is 4.06. The standard InChI is InChI=1S/C15H15ClN2O2/c1-9-12(16)5-4-11-13(7-17)18(15(19)14(9)11)8-10-3-2-6-20-10/h4-5,10,13H,2-3,6,8H2,1H3. The molecule has 104 valence electrons. The number of rotatable bonds is 2. The number of hydrogen-bond donors (Lipinski definition) is 0. The number of amides is 1. The molecule has 5 heteroatoms. The highest BCUT2D eigenvalue weighted by atomic mass is 35.5. The molecule has 2 unspecified atom stereocenters. The average molecular weight is 291 g/mol. The number of hydrogen-bond acceptors (Lipinski definition) is 3. The van der Waals surface area contributed by atoms with E-state index in [9.17, 15) is 10.1 Å². The van der Waals surface area contributed by atoms with E-state index in [1.54, 1.807) is 17.0 Å². The molecule has 0 bridgehead atoms. The lowest BCUT2D eigenvalue weighted by atomic mass is 10.0. The minimum Gasteiger partial charge on any atom is -0.376 e. The van der Waals surface area contributed by atoms with E-state index >= 15 is 0 Å². The van der Waals surface area contributed by atoms with Crippen LogP contribution in [0.5, 0.6) is 0 Å². The molecule has 3 rings (SSSR count). The molecule has 1 amide bonds. The molecule has 2 atom stereocenters. The second-order valence-electron chi connectivity index (χ2n) is 5.26. The van der Waals surface area contributed by atoms with Crippen LogP contribution in [0.2, 0.25) is 5.02 Å². The summed E-state index contributed by atoms with van der Waals surface area (Å²) < 4.78 is 5.58. The lowest BCUT2D eigenvalue weighted by Crippen LogP contribution is -2.35. The molecule has 2 aliphatic rings. The normalized spacial score (nSPS) is 24.9. The van der Waals surface area contributed by atoms with Crippen molar-refractivity contribution in [1.29, 1.82) is 5.26 Å². The number of halogens is 1. The SMILES string of the molecule is Cc1c(Cl)ccc2c1C(=O)N(CC1CCCO1)C2C#N. The molecule has 1 fully saturated rings. The Labute approximate surface area is 122 Å². The second kappa shape index (κ2) is 5.08. The van der Waals surface area contributed by atoms with Crippen molar-refractivity contribution in [3.8, 4) is 6.07 Å². The van der Waals surface area contributed by atoms with Crippen LogP contribution in [0.15, 0.2) is 12.1 Å². The van der Waals surface area contributed by atoms with Crippen LogP contribution in [0.4, 0.5) is 0 Å². The maximum atomic E-state index is 12.6. The fourth-order valence-electron chi connectivity index (χ4n) is 2.98. The van der Waals surface area contributed by atoms with Crippen molar-refractivity contribution in [1.82, 2.24) is 4.90 Å². The van der Waals surface area contributed by atoms with E-state index < -0.39 is 6.04 Å². The van der Waals surface area contributed by atoms with Crippen LogP contribution in [0.3, 0.4) is 0 Å². The summed E-state index contributed by atoms with van der Waals surface area (Å²) in [6, 6.07) is 5.23. The fourth-order valence-corrected chi connectivity index (χ4v) is 3.14. The smallest absolute Gasteiger partial charge is 0.256 e. The third kappa shape index (κ3) is 1.98. The molecule has 1 saturated heterocycles. The number of nitrogens with zero attached hydrogens (tertiary/aromatic N) is 2. The van der Waals surface area contributed by atoms with E-state index in [-0.39, 0.29) is 12.0 Å². The van der Waals surface area contributed by atoms with Gasteiger partial charge in [-0.25, -0.2) is 0 Å². The van der Waals surface area contributed by atoms with Gasteiger partial charge in [0.25, 0.3) is 5.91 Å². The lowest BCUT2D eigenvalue weighted by Gasteiger charge is -2.23. The monoisotopic (exact) mass is 290 g/mol. The van der Waals surface area contributed by atoms with Crippen molar-refractivity contribution in [2.75, 3.05) is 13.2 Å². The van der Waals surface area contributed by atoms with E-state index in [0.717, 1.165) is 30.6 Å². The molecule has 1 aromatic rings. The van der Waals surface area contributed by atoms with Gasteiger partial charge in [0.15, 0.2) is 0 Å². The van der Waals surface area contributed by atoms with Crippen molar-refractivity contribution >= 4 is 17.5 Å². The predicted molar refractivity (Wildman–Crippen MR) is 74.6 cm³/mol. The molecule has 0 radical (unpaired) electrons. The summed E-state index contributed by atoms with van der Waals surface area (Å²) in [6.45, 7) is 3.04. The summed E-state index contributed by atoms with van der Waals surface area (Å²) in [6.07, 6.45) is 2.00. The van der Waals surface area contributed by atoms with Gasteiger partial charge in [-0.1, -0.05) is 17.7 Å². The minimum atomic E-state index is -0.530. The maximum Gasteiger partial charge on any atom is 0.256 e. The number of benzene rings is 1. The Morgan fingerprint density at radius 2 is 2.35 bits per heavy atom. The van der Waals surface area contributed by atoms with Gasteiger partial charge in [-0.2, -0.15) is 5.26 Å². The molecular formula is C15H15ClN2O2. The van der Waals surface area contributed by atoms with E-state index in [2.05, 4.69) is 6.07 Å². The van der Waals surface area contributed by atoms with Crippen LogP contribution in [-0.4, -0.2) is 30.1 Å². The molecule has 0 aliphatic carbocycles. The molecular weight excluding hydrogens is 276 g/mol. The van der Waals surface area contributed by atoms with Gasteiger partial charge in [-0.3, -0.25) is 4.79 Å². The molecule has 20 heavy (non-hydrogen) atoms. The number of carbonyl (C=O) groups is 1. The van der Waals surface area contributed by atoms with Crippen molar-refractivity contribution in [3.63, 3.8) is 0 Å². The summed E-state index contributed by atoms with van der Waals surface area (Å²) in [4.78, 5) is 14.2. The zero-order valence-corrected chi connectivity index (χ0v) is 12.0. The molecule has 0 spiro atoms. The molecule has 4 nitrogen and oxygen atoms in total. The highest BCUT2D eigenvalue weighted by molar-refractivity contribution is 6.32. The third-order valence-corrected chi connectivity index (χ3v) is 4.47. The van der Waals surface area contributed by atoms with E-state index in [1.165, 1.54) is 0 Å². The van der Waals surface area contributed by atoms with Crippen molar-refractivity contribution < 1.29 is 9.53 Å². The topological polar surface area (TPSA) is 53.3 Å².